The second-order valence-corrected chi connectivity index (χ2v) is 5.75. The second kappa shape index (κ2) is 5.85. The third kappa shape index (κ3) is 3.43. The van der Waals surface area contributed by atoms with Crippen LogP contribution in [0.5, 0.6) is 0 Å². The van der Waals surface area contributed by atoms with Crippen LogP contribution in [0.15, 0.2) is 40.9 Å². The van der Waals surface area contributed by atoms with Gasteiger partial charge in [0.05, 0.1) is 0 Å². The molecule has 0 fully saturated rings. The largest absolute Gasteiger partial charge is 0.324 e. The molecule has 0 saturated heterocycles. The molecule has 2 rings (SSSR count). The van der Waals surface area contributed by atoms with E-state index in [9.17, 15) is 4.39 Å². The van der Waals surface area contributed by atoms with Gasteiger partial charge in [0.25, 0.3) is 0 Å². The summed E-state index contributed by atoms with van der Waals surface area (Å²) in [5, 5.41) is 0. The molecule has 0 amide bonds. The number of rotatable bonds is 3. The Labute approximate surface area is 121 Å². The lowest BCUT2D eigenvalue weighted by molar-refractivity contribution is 0.617. The zero-order chi connectivity index (χ0) is 14.0. The van der Waals surface area contributed by atoms with Gasteiger partial charge in [-0.1, -0.05) is 34.1 Å². The van der Waals surface area contributed by atoms with E-state index in [0.29, 0.717) is 6.42 Å². The number of hydrogen-bond donors (Lipinski definition) is 1. The quantitative estimate of drug-likeness (QED) is 0.888. The molecule has 1 atom stereocenters. The van der Waals surface area contributed by atoms with Crippen molar-refractivity contribution in [2.75, 3.05) is 0 Å². The van der Waals surface area contributed by atoms with Crippen LogP contribution in [0.4, 0.5) is 4.39 Å². The highest BCUT2D eigenvalue weighted by atomic mass is 79.9. The highest BCUT2D eigenvalue weighted by molar-refractivity contribution is 9.10. The fourth-order valence-electron chi connectivity index (χ4n) is 2.09. The maximum atomic E-state index is 13.3. The van der Waals surface area contributed by atoms with E-state index in [1.54, 1.807) is 6.07 Å². The topological polar surface area (TPSA) is 26.0 Å². The summed E-state index contributed by atoms with van der Waals surface area (Å²) in [6, 6.07) is 10.7. The van der Waals surface area contributed by atoms with Gasteiger partial charge in [-0.05, 0) is 60.7 Å². The smallest absolute Gasteiger partial charge is 0.123 e. The van der Waals surface area contributed by atoms with E-state index in [0.717, 1.165) is 10.0 Å². The summed E-state index contributed by atoms with van der Waals surface area (Å²) in [4.78, 5) is 0. The Bertz CT molecular complexity index is 595. The Kier molecular flexibility index (Phi) is 4.38. The Morgan fingerprint density at radius 2 is 1.84 bits per heavy atom. The summed E-state index contributed by atoms with van der Waals surface area (Å²) in [5.41, 5.74) is 10.7. The van der Waals surface area contributed by atoms with E-state index in [1.165, 1.54) is 28.8 Å². The zero-order valence-corrected chi connectivity index (χ0v) is 12.7. The van der Waals surface area contributed by atoms with Crippen LogP contribution in [-0.2, 0) is 6.42 Å². The number of halogens is 2. The van der Waals surface area contributed by atoms with Crippen LogP contribution in [0.25, 0.3) is 0 Å². The number of benzene rings is 2. The van der Waals surface area contributed by atoms with Crippen molar-refractivity contribution in [1.82, 2.24) is 0 Å². The molecular weight excluding hydrogens is 305 g/mol. The fraction of sp³-hybridized carbons (Fsp3) is 0.250. The predicted molar refractivity (Wildman–Crippen MR) is 80.6 cm³/mol. The van der Waals surface area contributed by atoms with Gasteiger partial charge in [-0.3, -0.25) is 0 Å². The molecule has 0 saturated carbocycles. The number of hydrogen-bond acceptors (Lipinski definition) is 1. The normalized spacial score (nSPS) is 12.5. The molecule has 0 aliphatic carbocycles. The van der Waals surface area contributed by atoms with Crippen LogP contribution < -0.4 is 5.73 Å². The van der Waals surface area contributed by atoms with Gasteiger partial charge in [0, 0.05) is 10.5 Å². The fourth-order valence-corrected chi connectivity index (χ4v) is 2.63. The molecule has 0 radical (unpaired) electrons. The van der Waals surface area contributed by atoms with Crippen molar-refractivity contribution < 1.29 is 4.39 Å². The molecule has 1 nitrogen and oxygen atoms in total. The Balaban J connectivity index is 2.22. The van der Waals surface area contributed by atoms with Crippen molar-refractivity contribution in [3.8, 4) is 0 Å². The van der Waals surface area contributed by atoms with E-state index in [4.69, 9.17) is 5.73 Å². The van der Waals surface area contributed by atoms with Crippen molar-refractivity contribution in [2.24, 2.45) is 5.73 Å². The van der Waals surface area contributed by atoms with Gasteiger partial charge in [-0.2, -0.15) is 0 Å². The van der Waals surface area contributed by atoms with E-state index >= 15 is 0 Å². The maximum absolute atomic E-state index is 13.3. The lowest BCUT2D eigenvalue weighted by atomic mass is 9.97. The van der Waals surface area contributed by atoms with Crippen molar-refractivity contribution in [3.05, 3.63) is 68.9 Å². The molecule has 100 valence electrons. The first-order valence-electron chi connectivity index (χ1n) is 6.24. The van der Waals surface area contributed by atoms with Crippen molar-refractivity contribution in [1.29, 1.82) is 0 Å². The van der Waals surface area contributed by atoms with Gasteiger partial charge in [0.2, 0.25) is 0 Å². The molecule has 0 aromatic heterocycles. The minimum absolute atomic E-state index is 0.216. The summed E-state index contributed by atoms with van der Waals surface area (Å²) in [5.74, 6) is -0.256. The molecule has 3 heteroatoms. The van der Waals surface area contributed by atoms with Gasteiger partial charge in [-0.25, -0.2) is 4.39 Å². The van der Waals surface area contributed by atoms with Crippen molar-refractivity contribution >= 4 is 15.9 Å². The Hall–Kier alpha value is -1.19. The van der Waals surface area contributed by atoms with Gasteiger partial charge in [0.1, 0.15) is 5.82 Å². The van der Waals surface area contributed by atoms with E-state index in [-0.39, 0.29) is 11.9 Å². The first-order valence-corrected chi connectivity index (χ1v) is 7.03. The van der Waals surface area contributed by atoms with E-state index in [1.807, 2.05) is 0 Å². The van der Waals surface area contributed by atoms with Gasteiger partial charge in [-0.15, -0.1) is 0 Å². The molecule has 0 spiro atoms. The van der Waals surface area contributed by atoms with Crippen LogP contribution in [0.1, 0.15) is 28.3 Å². The summed E-state index contributed by atoms with van der Waals surface area (Å²) < 4.78 is 14.1. The van der Waals surface area contributed by atoms with Crippen LogP contribution in [0.3, 0.4) is 0 Å². The monoisotopic (exact) mass is 321 g/mol. The summed E-state index contributed by atoms with van der Waals surface area (Å²) in [6.07, 6.45) is 0.698. The summed E-state index contributed by atoms with van der Waals surface area (Å²) in [6.45, 7) is 4.17. The third-order valence-electron chi connectivity index (χ3n) is 3.38. The van der Waals surface area contributed by atoms with Gasteiger partial charge in [0.15, 0.2) is 0 Å². The van der Waals surface area contributed by atoms with Crippen molar-refractivity contribution in [2.45, 2.75) is 26.3 Å². The number of aryl methyl sites for hydroxylation is 2. The highest BCUT2D eigenvalue weighted by Gasteiger charge is 2.12. The van der Waals surface area contributed by atoms with E-state index < -0.39 is 0 Å². The Morgan fingerprint density at radius 3 is 2.53 bits per heavy atom. The molecule has 0 aliphatic rings. The van der Waals surface area contributed by atoms with Crippen LogP contribution in [-0.4, -0.2) is 0 Å². The molecule has 2 aromatic rings. The summed E-state index contributed by atoms with van der Waals surface area (Å²) in [7, 11) is 0. The maximum Gasteiger partial charge on any atom is 0.123 e. The minimum Gasteiger partial charge on any atom is -0.324 e. The van der Waals surface area contributed by atoms with Gasteiger partial charge >= 0.3 is 0 Å². The van der Waals surface area contributed by atoms with E-state index in [2.05, 4.69) is 48.0 Å². The summed E-state index contributed by atoms with van der Waals surface area (Å²) >= 11 is 3.42. The second-order valence-electron chi connectivity index (χ2n) is 4.90. The molecular formula is C16H17BrFN. The third-order valence-corrected chi connectivity index (χ3v) is 4.11. The van der Waals surface area contributed by atoms with Crippen LogP contribution in [0.2, 0.25) is 0 Å². The molecule has 0 bridgehead atoms. The minimum atomic E-state index is -0.256. The lowest BCUT2D eigenvalue weighted by Gasteiger charge is -2.15. The number of nitrogens with two attached hydrogens (primary N) is 1. The molecule has 0 aliphatic heterocycles. The first-order chi connectivity index (χ1) is 8.97. The van der Waals surface area contributed by atoms with Crippen molar-refractivity contribution in [3.63, 3.8) is 0 Å². The highest BCUT2D eigenvalue weighted by Crippen LogP contribution is 2.26. The standard InChI is InChI=1S/C16H17BrFN/c1-10-3-4-12(7-11(10)2)8-16(19)14-9-13(18)5-6-15(14)17/h3-7,9,16H,8,19H2,1-2H3. The van der Waals surface area contributed by atoms with Crippen LogP contribution >= 0.6 is 15.9 Å². The SMILES string of the molecule is Cc1ccc(CC(N)c2cc(F)ccc2Br)cc1C. The predicted octanol–water partition coefficient (Wildman–Crippen LogP) is 4.45. The Morgan fingerprint density at radius 1 is 1.11 bits per heavy atom. The molecule has 0 heterocycles. The van der Waals surface area contributed by atoms with Gasteiger partial charge < -0.3 is 5.73 Å². The van der Waals surface area contributed by atoms with Crippen LogP contribution in [0, 0.1) is 19.7 Å². The molecule has 2 N–H and O–H groups in total. The first kappa shape index (κ1) is 14.2. The zero-order valence-electron chi connectivity index (χ0n) is 11.1. The average molecular weight is 322 g/mol. The lowest BCUT2D eigenvalue weighted by Crippen LogP contribution is -2.14. The molecule has 19 heavy (non-hydrogen) atoms. The molecule has 1 unspecified atom stereocenters. The molecule has 2 aromatic carbocycles. The average Bonchev–Trinajstić information content (AvgIpc) is 2.36.